The highest BCUT2D eigenvalue weighted by molar-refractivity contribution is 6.51. The number of methoxy groups -OCH3 is 2. The molecule has 174 valence electrons. The number of aliphatic hydroxyl groups is 1. The van der Waals surface area contributed by atoms with E-state index in [1.165, 1.54) is 19.1 Å². The van der Waals surface area contributed by atoms with Crippen LogP contribution in [-0.4, -0.2) is 37.6 Å². The number of hydrogen-bond donors (Lipinski definition) is 1. The molecule has 3 aromatic carbocycles. The van der Waals surface area contributed by atoms with Crippen LogP contribution in [0.3, 0.4) is 0 Å². The summed E-state index contributed by atoms with van der Waals surface area (Å²) >= 11 is 0. The summed E-state index contributed by atoms with van der Waals surface area (Å²) in [6.07, 6.45) is 0. The Balaban J connectivity index is 1.94. The van der Waals surface area contributed by atoms with Gasteiger partial charge in [-0.3, -0.25) is 14.5 Å². The number of Topliss-reactive ketones (excluding diaryl/α,β-unsaturated/α-hetero) is 1. The Morgan fingerprint density at radius 2 is 1.59 bits per heavy atom. The number of benzene rings is 3. The summed E-state index contributed by atoms with van der Waals surface area (Å²) in [4.78, 5) is 28.0. The zero-order valence-electron chi connectivity index (χ0n) is 19.1. The van der Waals surface area contributed by atoms with Gasteiger partial charge in [-0.05, 0) is 43.3 Å². The van der Waals surface area contributed by atoms with Gasteiger partial charge in [0.1, 0.15) is 23.0 Å². The lowest BCUT2D eigenvalue weighted by molar-refractivity contribution is -0.132. The lowest BCUT2D eigenvalue weighted by Gasteiger charge is -2.27. The summed E-state index contributed by atoms with van der Waals surface area (Å²) in [7, 11) is 3.04. The third-order valence-corrected chi connectivity index (χ3v) is 5.65. The quantitative estimate of drug-likeness (QED) is 0.312. The number of carbonyl (C=O) groups is 2. The van der Waals surface area contributed by atoms with Gasteiger partial charge >= 0.3 is 0 Å². The highest BCUT2D eigenvalue weighted by Crippen LogP contribution is 2.45. The Bertz CT molecular complexity index is 1230. The second kappa shape index (κ2) is 9.70. The molecule has 7 nitrogen and oxygen atoms in total. The number of aliphatic hydroxyl groups excluding tert-OH is 1. The summed E-state index contributed by atoms with van der Waals surface area (Å²) in [5.41, 5.74) is 1.44. The van der Waals surface area contributed by atoms with Crippen molar-refractivity contribution in [3.05, 3.63) is 89.5 Å². The summed E-state index contributed by atoms with van der Waals surface area (Å²) in [5.74, 6) is -0.161. The minimum absolute atomic E-state index is 0.0199. The topological polar surface area (TPSA) is 85.3 Å². The average Bonchev–Trinajstić information content (AvgIpc) is 3.14. The van der Waals surface area contributed by atoms with Crippen molar-refractivity contribution in [1.29, 1.82) is 0 Å². The van der Waals surface area contributed by atoms with Crippen molar-refractivity contribution >= 4 is 23.1 Å². The van der Waals surface area contributed by atoms with E-state index < -0.39 is 17.7 Å². The van der Waals surface area contributed by atoms with Crippen LogP contribution < -0.4 is 19.1 Å². The molecule has 34 heavy (non-hydrogen) atoms. The number of rotatable bonds is 7. The largest absolute Gasteiger partial charge is 0.507 e. The minimum Gasteiger partial charge on any atom is -0.507 e. The van der Waals surface area contributed by atoms with E-state index in [2.05, 4.69) is 0 Å². The molecule has 1 aliphatic heterocycles. The lowest BCUT2D eigenvalue weighted by atomic mass is 9.94. The first kappa shape index (κ1) is 22.9. The van der Waals surface area contributed by atoms with Crippen molar-refractivity contribution in [2.24, 2.45) is 0 Å². The van der Waals surface area contributed by atoms with Gasteiger partial charge in [-0.25, -0.2) is 0 Å². The Kier molecular flexibility index (Phi) is 6.54. The first-order valence-corrected chi connectivity index (χ1v) is 10.8. The van der Waals surface area contributed by atoms with Crippen LogP contribution in [0.25, 0.3) is 5.76 Å². The predicted molar refractivity (Wildman–Crippen MR) is 128 cm³/mol. The van der Waals surface area contributed by atoms with E-state index in [4.69, 9.17) is 14.2 Å². The molecule has 1 fully saturated rings. The zero-order valence-corrected chi connectivity index (χ0v) is 19.1. The van der Waals surface area contributed by atoms with Crippen LogP contribution in [0.1, 0.15) is 24.1 Å². The van der Waals surface area contributed by atoms with Crippen molar-refractivity contribution in [2.45, 2.75) is 13.0 Å². The average molecular weight is 459 g/mol. The molecule has 1 unspecified atom stereocenters. The number of nitrogens with zero attached hydrogens (tertiary/aromatic N) is 1. The van der Waals surface area contributed by atoms with E-state index >= 15 is 0 Å². The molecule has 7 heteroatoms. The fraction of sp³-hybridized carbons (Fsp3) is 0.185. The number of amides is 1. The molecule has 1 aliphatic rings. The predicted octanol–water partition coefficient (Wildman–Crippen LogP) is 4.73. The van der Waals surface area contributed by atoms with Gasteiger partial charge in [0.05, 0.1) is 32.4 Å². The van der Waals surface area contributed by atoms with Crippen LogP contribution in [0.5, 0.6) is 17.2 Å². The third-order valence-electron chi connectivity index (χ3n) is 5.65. The van der Waals surface area contributed by atoms with Crippen molar-refractivity contribution in [1.82, 2.24) is 0 Å². The summed E-state index contributed by atoms with van der Waals surface area (Å²) in [6, 6.07) is 19.8. The molecule has 0 radical (unpaired) electrons. The van der Waals surface area contributed by atoms with Gasteiger partial charge in [0.25, 0.3) is 11.7 Å². The number of anilines is 1. The monoisotopic (exact) mass is 459 g/mol. The van der Waals surface area contributed by atoms with E-state index in [1.54, 1.807) is 72.8 Å². The van der Waals surface area contributed by atoms with Crippen LogP contribution in [0, 0.1) is 0 Å². The second-order valence-electron chi connectivity index (χ2n) is 7.57. The standard InChI is InChI=1S/C27H25NO6/c1-4-34-19-12-10-18(11-13-19)28-24(21-15-14-20(32-2)16-22(21)33-3)23(26(30)27(28)31)25(29)17-8-6-5-7-9-17/h5-16,24,29H,4H2,1-3H3/b25-23-. The molecule has 4 rings (SSSR count). The molecule has 1 N–H and O–H groups in total. The highest BCUT2D eigenvalue weighted by Gasteiger charge is 2.48. The lowest BCUT2D eigenvalue weighted by Crippen LogP contribution is -2.29. The molecular formula is C27H25NO6. The van der Waals surface area contributed by atoms with Crippen LogP contribution >= 0.6 is 0 Å². The Morgan fingerprint density at radius 3 is 2.21 bits per heavy atom. The molecule has 1 heterocycles. The van der Waals surface area contributed by atoms with Crippen LogP contribution in [-0.2, 0) is 9.59 Å². The number of ether oxygens (including phenoxy) is 3. The summed E-state index contributed by atoms with van der Waals surface area (Å²) < 4.78 is 16.4. The number of carbonyl (C=O) groups excluding carboxylic acids is 2. The molecule has 0 bridgehead atoms. The van der Waals surface area contributed by atoms with Crippen molar-refractivity contribution in [3.63, 3.8) is 0 Å². The Morgan fingerprint density at radius 1 is 0.912 bits per heavy atom. The van der Waals surface area contributed by atoms with Crippen molar-refractivity contribution < 1.29 is 28.9 Å². The Labute approximate surface area is 197 Å². The van der Waals surface area contributed by atoms with E-state index in [0.29, 0.717) is 40.7 Å². The molecule has 3 aromatic rings. The van der Waals surface area contributed by atoms with Gasteiger partial charge in [-0.15, -0.1) is 0 Å². The first-order valence-electron chi connectivity index (χ1n) is 10.8. The van der Waals surface area contributed by atoms with E-state index in [-0.39, 0.29) is 11.3 Å². The summed E-state index contributed by atoms with van der Waals surface area (Å²) in [6.45, 7) is 2.38. The van der Waals surface area contributed by atoms with E-state index in [1.807, 2.05) is 6.92 Å². The molecule has 1 saturated heterocycles. The Hall–Kier alpha value is -4.26. The van der Waals surface area contributed by atoms with E-state index in [0.717, 1.165) is 0 Å². The third kappa shape index (κ3) is 4.08. The maximum Gasteiger partial charge on any atom is 0.300 e. The summed E-state index contributed by atoms with van der Waals surface area (Å²) in [5, 5.41) is 11.2. The van der Waals surface area contributed by atoms with Gasteiger partial charge in [-0.1, -0.05) is 30.3 Å². The van der Waals surface area contributed by atoms with E-state index in [9.17, 15) is 14.7 Å². The van der Waals surface area contributed by atoms with Crippen molar-refractivity contribution in [3.8, 4) is 17.2 Å². The fourth-order valence-electron chi connectivity index (χ4n) is 4.06. The van der Waals surface area contributed by atoms with Crippen molar-refractivity contribution in [2.75, 3.05) is 25.7 Å². The van der Waals surface area contributed by atoms with Crippen LogP contribution in [0.2, 0.25) is 0 Å². The molecule has 1 amide bonds. The van der Waals surface area contributed by atoms with Gasteiger partial charge in [0.15, 0.2) is 0 Å². The number of ketones is 1. The maximum absolute atomic E-state index is 13.3. The normalized spacial score (nSPS) is 17.0. The van der Waals surface area contributed by atoms with Crippen LogP contribution in [0.4, 0.5) is 5.69 Å². The fourth-order valence-corrected chi connectivity index (χ4v) is 4.06. The smallest absolute Gasteiger partial charge is 0.300 e. The molecule has 0 aliphatic carbocycles. The highest BCUT2D eigenvalue weighted by atomic mass is 16.5. The van der Waals surface area contributed by atoms with Crippen LogP contribution in [0.15, 0.2) is 78.4 Å². The molecule has 0 saturated carbocycles. The zero-order chi connectivity index (χ0) is 24.2. The first-order chi connectivity index (χ1) is 16.5. The minimum atomic E-state index is -0.918. The maximum atomic E-state index is 13.3. The van der Waals surface area contributed by atoms with Gasteiger partial charge in [-0.2, -0.15) is 0 Å². The van der Waals surface area contributed by atoms with Gasteiger partial charge in [0.2, 0.25) is 0 Å². The second-order valence-corrected chi connectivity index (χ2v) is 7.57. The molecule has 0 spiro atoms. The SMILES string of the molecule is CCOc1ccc(N2C(=O)C(=O)/C(=C(\O)c3ccccc3)C2c2ccc(OC)cc2OC)cc1. The molecular weight excluding hydrogens is 434 g/mol. The van der Waals surface area contributed by atoms with Gasteiger partial charge < -0.3 is 19.3 Å². The molecule has 0 aromatic heterocycles. The number of hydrogen-bond acceptors (Lipinski definition) is 6. The molecule has 1 atom stereocenters. The van der Waals surface area contributed by atoms with Gasteiger partial charge in [0, 0.05) is 22.9 Å².